The molecule has 1 aromatic heterocycles. The molecule has 0 aliphatic carbocycles. The molecule has 1 heterocycles. The van der Waals surface area contributed by atoms with E-state index in [9.17, 15) is 4.79 Å². The van der Waals surface area contributed by atoms with Gasteiger partial charge in [0.2, 0.25) is 5.95 Å². The van der Waals surface area contributed by atoms with Gasteiger partial charge in [0.1, 0.15) is 0 Å². The molecule has 0 saturated carbocycles. The van der Waals surface area contributed by atoms with Crippen molar-refractivity contribution in [3.05, 3.63) is 77.5 Å². The lowest BCUT2D eigenvalue weighted by atomic mass is 10.2. The Balaban J connectivity index is 1.66. The number of rotatable bonds is 4. The van der Waals surface area contributed by atoms with Crippen LogP contribution in [-0.4, -0.2) is 15.9 Å². The van der Waals surface area contributed by atoms with Gasteiger partial charge in [0.05, 0.1) is 11.9 Å². The largest absolute Gasteiger partial charge is 0.324 e. The van der Waals surface area contributed by atoms with E-state index in [1.54, 1.807) is 24.4 Å². The van der Waals surface area contributed by atoms with E-state index in [-0.39, 0.29) is 5.91 Å². The molecular weight excluding hydrogens is 310 g/mol. The molecule has 23 heavy (non-hydrogen) atoms. The number of nitrogens with zero attached hydrogens (tertiary/aromatic N) is 1. The molecule has 0 radical (unpaired) electrons. The van der Waals surface area contributed by atoms with E-state index in [0.717, 1.165) is 16.8 Å². The second-order valence-corrected chi connectivity index (χ2v) is 5.32. The number of carbonyl (C=O) groups excluding carboxylic acids is 1. The Morgan fingerprint density at radius 1 is 1.09 bits per heavy atom. The molecule has 3 rings (SSSR count). The number of hydrogen-bond donors (Lipinski definition) is 2. The molecule has 0 bridgehead atoms. The van der Waals surface area contributed by atoms with E-state index in [4.69, 9.17) is 11.6 Å². The molecule has 0 unspecified atom stereocenters. The number of anilines is 1. The number of H-pyrrole nitrogens is 1. The number of nitrogens with one attached hydrogen (secondary N) is 2. The van der Waals surface area contributed by atoms with Crippen LogP contribution in [0.5, 0.6) is 0 Å². The first-order chi connectivity index (χ1) is 11.2. The highest BCUT2D eigenvalue weighted by atomic mass is 35.5. The number of benzene rings is 2. The molecule has 2 N–H and O–H groups in total. The third-order valence-corrected chi connectivity index (χ3v) is 3.45. The number of aromatic amines is 1. The minimum Gasteiger partial charge on any atom is -0.324 e. The van der Waals surface area contributed by atoms with Crippen LogP contribution >= 0.6 is 11.6 Å². The highest BCUT2D eigenvalue weighted by molar-refractivity contribution is 6.30. The molecule has 0 aliphatic rings. The van der Waals surface area contributed by atoms with Gasteiger partial charge >= 0.3 is 0 Å². The van der Waals surface area contributed by atoms with Crippen molar-refractivity contribution in [2.24, 2.45) is 0 Å². The number of hydrogen-bond acceptors (Lipinski definition) is 2. The second kappa shape index (κ2) is 6.94. The lowest BCUT2D eigenvalue weighted by Crippen LogP contribution is -2.08. The zero-order chi connectivity index (χ0) is 16.1. The summed E-state index contributed by atoms with van der Waals surface area (Å²) < 4.78 is 0. The maximum absolute atomic E-state index is 11.9. The predicted octanol–water partition coefficient (Wildman–Crippen LogP) is 4.38. The summed E-state index contributed by atoms with van der Waals surface area (Å²) in [7, 11) is 0. The summed E-state index contributed by atoms with van der Waals surface area (Å²) in [6.45, 7) is 0. The Hall–Kier alpha value is -2.85. The van der Waals surface area contributed by atoms with Crippen molar-refractivity contribution >= 4 is 29.5 Å². The number of halogens is 1. The minimum atomic E-state index is -0.245. The van der Waals surface area contributed by atoms with E-state index in [0.29, 0.717) is 11.0 Å². The van der Waals surface area contributed by atoms with Gasteiger partial charge in [-0.25, -0.2) is 4.98 Å². The van der Waals surface area contributed by atoms with Gasteiger partial charge in [0.15, 0.2) is 0 Å². The summed E-state index contributed by atoms with van der Waals surface area (Å²) in [6.07, 6.45) is 4.89. The van der Waals surface area contributed by atoms with Crippen molar-refractivity contribution in [1.82, 2.24) is 9.97 Å². The van der Waals surface area contributed by atoms with Gasteiger partial charge < -0.3 is 4.98 Å². The van der Waals surface area contributed by atoms with Gasteiger partial charge in [0.25, 0.3) is 5.91 Å². The Morgan fingerprint density at radius 2 is 1.83 bits per heavy atom. The van der Waals surface area contributed by atoms with Crippen LogP contribution in [0.4, 0.5) is 5.95 Å². The summed E-state index contributed by atoms with van der Waals surface area (Å²) in [6, 6.07) is 17.0. The van der Waals surface area contributed by atoms with Gasteiger partial charge in [-0.2, -0.15) is 0 Å². The van der Waals surface area contributed by atoms with Crippen LogP contribution in [0.1, 0.15) is 5.56 Å². The van der Waals surface area contributed by atoms with Crippen LogP contribution < -0.4 is 5.32 Å². The Kier molecular flexibility index (Phi) is 4.54. The molecule has 0 saturated heterocycles. The molecule has 2 aromatic carbocycles. The molecule has 1 amide bonds. The predicted molar refractivity (Wildman–Crippen MR) is 93.1 cm³/mol. The smallest absolute Gasteiger partial charge is 0.250 e. The van der Waals surface area contributed by atoms with Gasteiger partial charge in [-0.05, 0) is 29.3 Å². The summed E-state index contributed by atoms with van der Waals surface area (Å²) in [5.74, 6) is 0.156. The third-order valence-electron chi connectivity index (χ3n) is 3.20. The quantitative estimate of drug-likeness (QED) is 0.700. The highest BCUT2D eigenvalue weighted by Gasteiger charge is 2.05. The average Bonchev–Trinajstić information content (AvgIpc) is 3.03. The molecule has 0 spiro atoms. The Bertz CT molecular complexity index is 823. The van der Waals surface area contributed by atoms with Crippen LogP contribution in [0.25, 0.3) is 17.3 Å². The van der Waals surface area contributed by atoms with Crippen LogP contribution in [0, 0.1) is 0 Å². The van der Waals surface area contributed by atoms with Crippen LogP contribution in [0.3, 0.4) is 0 Å². The highest BCUT2D eigenvalue weighted by Crippen LogP contribution is 2.20. The van der Waals surface area contributed by atoms with Crippen molar-refractivity contribution in [2.75, 3.05) is 5.32 Å². The molecule has 114 valence electrons. The summed E-state index contributed by atoms with van der Waals surface area (Å²) >= 11 is 5.87. The standard InChI is InChI=1S/C18H14ClN3O/c19-15-9-7-14(8-10-15)16-12-20-18(21-16)22-17(23)11-6-13-4-2-1-3-5-13/h1-12H,(H2,20,21,22,23)/b11-6+. The van der Waals surface area contributed by atoms with Crippen LogP contribution in [0.2, 0.25) is 5.02 Å². The second-order valence-electron chi connectivity index (χ2n) is 4.89. The van der Waals surface area contributed by atoms with Crippen molar-refractivity contribution in [3.63, 3.8) is 0 Å². The van der Waals surface area contributed by atoms with E-state index in [1.165, 1.54) is 6.08 Å². The number of imidazole rings is 1. The fourth-order valence-electron chi connectivity index (χ4n) is 2.06. The van der Waals surface area contributed by atoms with Crippen molar-refractivity contribution in [2.45, 2.75) is 0 Å². The molecule has 4 nitrogen and oxygen atoms in total. The first-order valence-electron chi connectivity index (χ1n) is 7.06. The Morgan fingerprint density at radius 3 is 2.57 bits per heavy atom. The van der Waals surface area contributed by atoms with E-state index in [2.05, 4.69) is 15.3 Å². The first kappa shape index (κ1) is 15.1. The maximum atomic E-state index is 11.9. The molecule has 0 fully saturated rings. The van der Waals surface area contributed by atoms with Gasteiger partial charge in [0, 0.05) is 11.1 Å². The normalized spacial score (nSPS) is 10.8. The first-order valence-corrected chi connectivity index (χ1v) is 7.43. The number of aromatic nitrogens is 2. The number of amides is 1. The van der Waals surface area contributed by atoms with E-state index in [1.807, 2.05) is 42.5 Å². The number of carbonyl (C=O) groups is 1. The van der Waals surface area contributed by atoms with E-state index >= 15 is 0 Å². The lowest BCUT2D eigenvalue weighted by molar-refractivity contribution is -0.111. The zero-order valence-corrected chi connectivity index (χ0v) is 12.9. The van der Waals surface area contributed by atoms with Crippen molar-refractivity contribution in [3.8, 4) is 11.3 Å². The fraction of sp³-hybridized carbons (Fsp3) is 0. The maximum Gasteiger partial charge on any atom is 0.250 e. The average molecular weight is 324 g/mol. The summed E-state index contributed by atoms with van der Waals surface area (Å²) in [5, 5.41) is 3.37. The Labute approximate surface area is 138 Å². The zero-order valence-electron chi connectivity index (χ0n) is 12.2. The molecule has 5 heteroatoms. The molecule has 0 atom stereocenters. The molecule has 0 aliphatic heterocycles. The third kappa shape index (κ3) is 4.08. The monoisotopic (exact) mass is 323 g/mol. The van der Waals surface area contributed by atoms with Crippen molar-refractivity contribution in [1.29, 1.82) is 0 Å². The van der Waals surface area contributed by atoms with Crippen LogP contribution in [-0.2, 0) is 4.79 Å². The molecule has 3 aromatic rings. The SMILES string of the molecule is O=C(/C=C/c1ccccc1)Nc1ncc(-c2ccc(Cl)cc2)[nH]1. The van der Waals surface area contributed by atoms with Crippen LogP contribution in [0.15, 0.2) is 66.9 Å². The molecular formula is C18H14ClN3O. The van der Waals surface area contributed by atoms with Gasteiger partial charge in [-0.15, -0.1) is 0 Å². The summed E-state index contributed by atoms with van der Waals surface area (Å²) in [5.41, 5.74) is 2.72. The van der Waals surface area contributed by atoms with E-state index < -0.39 is 0 Å². The topological polar surface area (TPSA) is 57.8 Å². The van der Waals surface area contributed by atoms with Gasteiger partial charge in [-0.1, -0.05) is 54.1 Å². The van der Waals surface area contributed by atoms with Gasteiger partial charge in [-0.3, -0.25) is 10.1 Å². The lowest BCUT2D eigenvalue weighted by Gasteiger charge is -1.99. The van der Waals surface area contributed by atoms with Crippen molar-refractivity contribution < 1.29 is 4.79 Å². The fourth-order valence-corrected chi connectivity index (χ4v) is 2.18. The minimum absolute atomic E-state index is 0.245. The summed E-state index contributed by atoms with van der Waals surface area (Å²) in [4.78, 5) is 19.1.